The lowest BCUT2D eigenvalue weighted by Crippen LogP contribution is -2.26. The molecule has 3 nitrogen and oxygen atoms in total. The van der Waals surface area contributed by atoms with E-state index in [1.165, 1.54) is 0 Å². The number of benzene rings is 2. The SMILES string of the molecule is CCN(C)C(=N)c1cc(C)c(Oc2ccccc2Cl)cc1Br. The van der Waals surface area contributed by atoms with Crippen LogP contribution in [0.25, 0.3) is 0 Å². The van der Waals surface area contributed by atoms with Crippen LogP contribution in [0.4, 0.5) is 0 Å². The van der Waals surface area contributed by atoms with Crippen LogP contribution in [-0.4, -0.2) is 24.3 Å². The summed E-state index contributed by atoms with van der Waals surface area (Å²) in [5.41, 5.74) is 1.79. The molecule has 0 fully saturated rings. The van der Waals surface area contributed by atoms with Crippen molar-refractivity contribution < 1.29 is 4.74 Å². The Kier molecular flexibility index (Phi) is 5.48. The zero-order valence-corrected chi connectivity index (χ0v) is 15.1. The fourth-order valence-electron chi connectivity index (χ4n) is 1.96. The fourth-order valence-corrected chi connectivity index (χ4v) is 2.65. The lowest BCUT2D eigenvalue weighted by atomic mass is 10.1. The van der Waals surface area contributed by atoms with Gasteiger partial charge in [0.05, 0.1) is 5.02 Å². The molecule has 0 aliphatic heterocycles. The summed E-state index contributed by atoms with van der Waals surface area (Å²) >= 11 is 9.66. The third-order valence-corrected chi connectivity index (χ3v) is 4.40. The Labute approximate surface area is 144 Å². The highest BCUT2D eigenvalue weighted by atomic mass is 79.9. The Morgan fingerprint density at radius 1 is 1.27 bits per heavy atom. The molecule has 5 heteroatoms. The maximum atomic E-state index is 8.23. The molecule has 1 N–H and O–H groups in total. The minimum absolute atomic E-state index is 0.474. The third kappa shape index (κ3) is 3.62. The van der Waals surface area contributed by atoms with Crippen LogP contribution < -0.4 is 4.74 Å². The molecular formula is C17H18BrClN2O. The molecule has 0 radical (unpaired) electrons. The molecule has 0 unspecified atom stereocenters. The minimum atomic E-state index is 0.474. The zero-order valence-electron chi connectivity index (χ0n) is 12.8. The van der Waals surface area contributed by atoms with Crippen LogP contribution in [-0.2, 0) is 0 Å². The third-order valence-electron chi connectivity index (χ3n) is 3.43. The Balaban J connectivity index is 2.35. The van der Waals surface area contributed by atoms with E-state index >= 15 is 0 Å². The average molecular weight is 382 g/mol. The van der Waals surface area contributed by atoms with Gasteiger partial charge in [-0.3, -0.25) is 5.41 Å². The number of para-hydroxylation sites is 1. The van der Waals surface area contributed by atoms with Gasteiger partial charge in [-0.1, -0.05) is 23.7 Å². The highest BCUT2D eigenvalue weighted by Crippen LogP contribution is 2.34. The van der Waals surface area contributed by atoms with Crippen LogP contribution in [0, 0.1) is 12.3 Å². The van der Waals surface area contributed by atoms with Crippen molar-refractivity contribution in [2.45, 2.75) is 13.8 Å². The average Bonchev–Trinajstić information content (AvgIpc) is 2.51. The Morgan fingerprint density at radius 2 is 1.95 bits per heavy atom. The second kappa shape index (κ2) is 7.16. The van der Waals surface area contributed by atoms with Gasteiger partial charge in [0, 0.05) is 23.6 Å². The number of nitrogens with zero attached hydrogens (tertiary/aromatic N) is 1. The summed E-state index contributed by atoms with van der Waals surface area (Å²) in [6, 6.07) is 11.2. The number of ether oxygens (including phenoxy) is 1. The van der Waals surface area contributed by atoms with Crippen molar-refractivity contribution in [3.8, 4) is 11.5 Å². The van der Waals surface area contributed by atoms with Gasteiger partial charge in [-0.2, -0.15) is 0 Å². The van der Waals surface area contributed by atoms with E-state index in [0.29, 0.717) is 16.6 Å². The van der Waals surface area contributed by atoms with Crippen molar-refractivity contribution in [1.29, 1.82) is 5.41 Å². The summed E-state index contributed by atoms with van der Waals surface area (Å²) in [5, 5.41) is 8.80. The topological polar surface area (TPSA) is 36.3 Å². The number of rotatable bonds is 4. The normalized spacial score (nSPS) is 10.4. The Bertz CT molecular complexity index is 703. The van der Waals surface area contributed by atoms with Gasteiger partial charge in [0.15, 0.2) is 0 Å². The Morgan fingerprint density at radius 3 is 2.59 bits per heavy atom. The zero-order chi connectivity index (χ0) is 16.3. The molecule has 0 aliphatic carbocycles. The quantitative estimate of drug-likeness (QED) is 0.562. The molecular weight excluding hydrogens is 364 g/mol. The molecule has 0 amide bonds. The predicted molar refractivity (Wildman–Crippen MR) is 95.5 cm³/mol. The van der Waals surface area contributed by atoms with Gasteiger partial charge in [-0.05, 0) is 59.6 Å². The first-order chi connectivity index (χ1) is 10.4. The van der Waals surface area contributed by atoms with Gasteiger partial charge in [0.2, 0.25) is 0 Å². The largest absolute Gasteiger partial charge is 0.455 e. The van der Waals surface area contributed by atoms with E-state index in [0.717, 1.165) is 27.9 Å². The van der Waals surface area contributed by atoms with E-state index in [9.17, 15) is 0 Å². The second-order valence-electron chi connectivity index (χ2n) is 4.99. The summed E-state index contributed by atoms with van der Waals surface area (Å²) in [7, 11) is 1.90. The summed E-state index contributed by atoms with van der Waals surface area (Å²) in [6.07, 6.45) is 0. The monoisotopic (exact) mass is 380 g/mol. The van der Waals surface area contributed by atoms with Crippen molar-refractivity contribution in [3.63, 3.8) is 0 Å². The molecule has 0 saturated carbocycles. The van der Waals surface area contributed by atoms with E-state index in [4.69, 9.17) is 21.7 Å². The van der Waals surface area contributed by atoms with E-state index in [2.05, 4.69) is 15.9 Å². The number of hydrogen-bond donors (Lipinski definition) is 1. The van der Waals surface area contributed by atoms with Crippen molar-refractivity contribution in [2.75, 3.05) is 13.6 Å². The summed E-state index contributed by atoms with van der Waals surface area (Å²) < 4.78 is 6.72. The van der Waals surface area contributed by atoms with E-state index < -0.39 is 0 Å². The van der Waals surface area contributed by atoms with Crippen molar-refractivity contribution in [1.82, 2.24) is 4.90 Å². The molecule has 0 spiro atoms. The lowest BCUT2D eigenvalue weighted by molar-refractivity contribution is 0.478. The molecule has 0 heterocycles. The minimum Gasteiger partial charge on any atom is -0.455 e. The van der Waals surface area contributed by atoms with E-state index in [1.54, 1.807) is 6.07 Å². The second-order valence-corrected chi connectivity index (χ2v) is 6.25. The standard InChI is InChI=1S/C17H18BrClN2O/c1-4-21(3)17(20)12-9-11(2)16(10-13(12)18)22-15-8-6-5-7-14(15)19/h5-10,20H,4H2,1-3H3. The number of hydrogen-bond acceptors (Lipinski definition) is 2. The predicted octanol–water partition coefficient (Wildman–Crippen LogP) is 5.48. The molecule has 0 atom stereocenters. The van der Waals surface area contributed by atoms with Crippen LogP contribution in [0.15, 0.2) is 40.9 Å². The van der Waals surface area contributed by atoms with Gasteiger partial charge >= 0.3 is 0 Å². The number of halogens is 2. The maximum Gasteiger partial charge on any atom is 0.146 e. The molecule has 0 saturated heterocycles. The smallest absolute Gasteiger partial charge is 0.146 e. The van der Waals surface area contributed by atoms with Crippen LogP contribution in [0.3, 0.4) is 0 Å². The molecule has 0 bridgehead atoms. The van der Waals surface area contributed by atoms with Crippen LogP contribution in [0.2, 0.25) is 5.02 Å². The van der Waals surface area contributed by atoms with Gasteiger partial charge < -0.3 is 9.64 Å². The fraction of sp³-hybridized carbons (Fsp3) is 0.235. The Hall–Kier alpha value is -1.52. The highest BCUT2D eigenvalue weighted by molar-refractivity contribution is 9.10. The van der Waals surface area contributed by atoms with Gasteiger partial charge in [-0.25, -0.2) is 0 Å². The van der Waals surface area contributed by atoms with E-state index in [-0.39, 0.29) is 0 Å². The number of amidine groups is 1. The molecule has 116 valence electrons. The molecule has 2 aromatic rings. The summed E-state index contributed by atoms with van der Waals surface area (Å²) in [6.45, 7) is 4.76. The number of aryl methyl sites for hydroxylation is 1. The number of nitrogens with one attached hydrogen (secondary N) is 1. The van der Waals surface area contributed by atoms with Crippen LogP contribution >= 0.6 is 27.5 Å². The van der Waals surface area contributed by atoms with Gasteiger partial charge in [0.25, 0.3) is 0 Å². The van der Waals surface area contributed by atoms with Crippen LogP contribution in [0.5, 0.6) is 11.5 Å². The molecule has 0 aliphatic rings. The van der Waals surface area contributed by atoms with E-state index in [1.807, 2.05) is 56.1 Å². The molecule has 2 aromatic carbocycles. The van der Waals surface area contributed by atoms with Crippen molar-refractivity contribution >= 4 is 33.4 Å². The van der Waals surface area contributed by atoms with Gasteiger partial charge in [-0.15, -0.1) is 0 Å². The molecule has 22 heavy (non-hydrogen) atoms. The maximum absolute atomic E-state index is 8.23. The van der Waals surface area contributed by atoms with Gasteiger partial charge in [0.1, 0.15) is 17.3 Å². The first-order valence-corrected chi connectivity index (χ1v) is 8.13. The highest BCUT2D eigenvalue weighted by Gasteiger charge is 2.14. The van der Waals surface area contributed by atoms with Crippen LogP contribution in [0.1, 0.15) is 18.1 Å². The first-order valence-electron chi connectivity index (χ1n) is 6.96. The van der Waals surface area contributed by atoms with Crippen molar-refractivity contribution in [2.24, 2.45) is 0 Å². The molecule has 2 rings (SSSR count). The van der Waals surface area contributed by atoms with Crippen molar-refractivity contribution in [3.05, 3.63) is 57.0 Å². The summed E-state index contributed by atoms with van der Waals surface area (Å²) in [4.78, 5) is 1.88. The lowest BCUT2D eigenvalue weighted by Gasteiger charge is -2.20. The first kappa shape index (κ1) is 16.8. The summed E-state index contributed by atoms with van der Waals surface area (Å²) in [5.74, 6) is 1.81. The molecule has 0 aromatic heterocycles.